The molecule has 0 bridgehead atoms. The van der Waals surface area contributed by atoms with Crippen LogP contribution in [0.25, 0.3) is 0 Å². The van der Waals surface area contributed by atoms with Crippen LogP contribution in [0, 0.1) is 0 Å². The first kappa shape index (κ1) is 16.3. The van der Waals surface area contributed by atoms with Gasteiger partial charge in [0.25, 0.3) is 5.91 Å². The molecule has 0 spiro atoms. The summed E-state index contributed by atoms with van der Waals surface area (Å²) in [6, 6.07) is 4.60. The highest BCUT2D eigenvalue weighted by atomic mass is 19.4. The van der Waals surface area contributed by atoms with Gasteiger partial charge in [0.15, 0.2) is 0 Å². The maximum absolute atomic E-state index is 12.0. The van der Waals surface area contributed by atoms with E-state index in [1.807, 2.05) is 6.92 Å². The average molecular weight is 290 g/mol. The lowest BCUT2D eigenvalue weighted by atomic mass is 10.1. The normalized spacial score (nSPS) is 12.8. The minimum absolute atomic E-state index is 0.140. The van der Waals surface area contributed by atoms with Crippen molar-refractivity contribution in [2.45, 2.75) is 32.2 Å². The molecule has 0 saturated carbocycles. The van der Waals surface area contributed by atoms with Crippen molar-refractivity contribution in [2.75, 3.05) is 6.54 Å². The SMILES string of the molecule is CCCC(CN)NC(=O)c1ccc(OC(F)(F)F)cc1. The van der Waals surface area contributed by atoms with Crippen molar-refractivity contribution in [3.05, 3.63) is 29.8 Å². The van der Waals surface area contributed by atoms with E-state index >= 15 is 0 Å². The van der Waals surface area contributed by atoms with E-state index in [0.29, 0.717) is 6.54 Å². The summed E-state index contributed by atoms with van der Waals surface area (Å²) in [7, 11) is 0. The number of hydrogen-bond donors (Lipinski definition) is 2. The van der Waals surface area contributed by atoms with Crippen LogP contribution in [-0.2, 0) is 0 Å². The molecule has 0 aliphatic rings. The van der Waals surface area contributed by atoms with Gasteiger partial charge >= 0.3 is 6.36 Å². The minimum atomic E-state index is -4.74. The van der Waals surface area contributed by atoms with Gasteiger partial charge in [-0.05, 0) is 30.7 Å². The summed E-state index contributed by atoms with van der Waals surface area (Å²) >= 11 is 0. The maximum Gasteiger partial charge on any atom is 0.573 e. The maximum atomic E-state index is 12.0. The molecule has 7 heteroatoms. The number of ether oxygens (including phenoxy) is 1. The number of nitrogens with one attached hydrogen (secondary N) is 1. The van der Waals surface area contributed by atoms with Crippen molar-refractivity contribution in [3.63, 3.8) is 0 Å². The highest BCUT2D eigenvalue weighted by Crippen LogP contribution is 2.22. The topological polar surface area (TPSA) is 64.3 Å². The summed E-state index contributed by atoms with van der Waals surface area (Å²) in [5.74, 6) is -0.731. The van der Waals surface area contributed by atoms with Crippen LogP contribution in [0.4, 0.5) is 13.2 Å². The van der Waals surface area contributed by atoms with Crippen LogP contribution < -0.4 is 15.8 Å². The van der Waals surface area contributed by atoms with E-state index in [1.165, 1.54) is 12.1 Å². The Morgan fingerprint density at radius 2 is 1.95 bits per heavy atom. The highest BCUT2D eigenvalue weighted by Gasteiger charge is 2.31. The predicted molar refractivity (Wildman–Crippen MR) is 68.3 cm³/mol. The quantitative estimate of drug-likeness (QED) is 0.845. The summed E-state index contributed by atoms with van der Waals surface area (Å²) in [6.45, 7) is 2.28. The molecule has 1 unspecified atom stereocenters. The molecule has 0 aliphatic carbocycles. The number of carbonyl (C=O) groups is 1. The minimum Gasteiger partial charge on any atom is -0.406 e. The van der Waals surface area contributed by atoms with Crippen molar-refractivity contribution < 1.29 is 22.7 Å². The average Bonchev–Trinajstić information content (AvgIpc) is 2.37. The van der Waals surface area contributed by atoms with Gasteiger partial charge in [-0.3, -0.25) is 4.79 Å². The smallest absolute Gasteiger partial charge is 0.406 e. The fourth-order valence-corrected chi connectivity index (χ4v) is 1.67. The first-order valence-corrected chi connectivity index (χ1v) is 6.22. The molecular formula is C13H17F3N2O2. The molecule has 1 aromatic carbocycles. The second kappa shape index (κ2) is 7.14. The zero-order valence-corrected chi connectivity index (χ0v) is 11.0. The van der Waals surface area contributed by atoms with Gasteiger partial charge in [-0.1, -0.05) is 13.3 Å². The van der Waals surface area contributed by atoms with Crippen LogP contribution in [0.15, 0.2) is 24.3 Å². The van der Waals surface area contributed by atoms with Gasteiger partial charge in [-0.2, -0.15) is 0 Å². The second-order valence-corrected chi connectivity index (χ2v) is 4.27. The molecule has 1 atom stereocenters. The summed E-state index contributed by atoms with van der Waals surface area (Å²) in [6.07, 6.45) is -3.12. The van der Waals surface area contributed by atoms with Gasteiger partial charge in [0.2, 0.25) is 0 Å². The Hall–Kier alpha value is -1.76. The Labute approximate surface area is 115 Å². The van der Waals surface area contributed by atoms with Gasteiger partial charge in [-0.25, -0.2) is 0 Å². The lowest BCUT2D eigenvalue weighted by Crippen LogP contribution is -2.40. The molecule has 1 amide bonds. The van der Waals surface area contributed by atoms with E-state index in [0.717, 1.165) is 25.0 Å². The van der Waals surface area contributed by atoms with E-state index < -0.39 is 6.36 Å². The third kappa shape index (κ3) is 5.48. The molecule has 20 heavy (non-hydrogen) atoms. The van der Waals surface area contributed by atoms with Crippen molar-refractivity contribution >= 4 is 5.91 Å². The highest BCUT2D eigenvalue weighted by molar-refractivity contribution is 5.94. The van der Waals surface area contributed by atoms with Crippen LogP contribution in [0.3, 0.4) is 0 Å². The summed E-state index contributed by atoms with van der Waals surface area (Å²) in [5, 5.41) is 2.72. The lowest BCUT2D eigenvalue weighted by Gasteiger charge is -2.16. The molecular weight excluding hydrogens is 273 g/mol. The predicted octanol–water partition coefficient (Wildman–Crippen LogP) is 2.44. The summed E-state index contributed by atoms with van der Waals surface area (Å²) < 4.78 is 39.7. The number of rotatable bonds is 6. The first-order chi connectivity index (χ1) is 9.35. The molecule has 0 aromatic heterocycles. The largest absolute Gasteiger partial charge is 0.573 e. The standard InChI is InChI=1S/C13H17F3N2O2/c1-2-3-10(8-17)18-12(19)9-4-6-11(7-5-9)20-13(14,15)16/h4-7,10H,2-3,8,17H2,1H3,(H,18,19). The second-order valence-electron chi connectivity index (χ2n) is 4.27. The Morgan fingerprint density at radius 3 is 2.40 bits per heavy atom. The van der Waals surface area contributed by atoms with Gasteiger partial charge in [-0.15, -0.1) is 13.2 Å². The number of nitrogens with two attached hydrogens (primary N) is 1. The molecule has 1 rings (SSSR count). The molecule has 0 heterocycles. The van der Waals surface area contributed by atoms with Gasteiger partial charge in [0.1, 0.15) is 5.75 Å². The Kier molecular flexibility index (Phi) is 5.82. The van der Waals surface area contributed by atoms with Crippen LogP contribution in [0.5, 0.6) is 5.75 Å². The molecule has 0 saturated heterocycles. The monoisotopic (exact) mass is 290 g/mol. The van der Waals surface area contributed by atoms with E-state index in [-0.39, 0.29) is 23.3 Å². The molecule has 112 valence electrons. The number of hydrogen-bond acceptors (Lipinski definition) is 3. The molecule has 1 aromatic rings. The van der Waals surface area contributed by atoms with Crippen molar-refractivity contribution in [2.24, 2.45) is 5.73 Å². The Balaban J connectivity index is 2.66. The van der Waals surface area contributed by atoms with Gasteiger partial charge < -0.3 is 15.8 Å². The zero-order valence-electron chi connectivity index (χ0n) is 11.0. The van der Waals surface area contributed by atoms with Gasteiger partial charge in [0, 0.05) is 18.2 Å². The molecule has 4 nitrogen and oxygen atoms in total. The van der Waals surface area contributed by atoms with Crippen LogP contribution in [-0.4, -0.2) is 24.9 Å². The Morgan fingerprint density at radius 1 is 1.35 bits per heavy atom. The molecule has 0 radical (unpaired) electrons. The number of carbonyl (C=O) groups excluding carboxylic acids is 1. The molecule has 0 fully saturated rings. The third-order valence-electron chi connectivity index (χ3n) is 2.61. The van der Waals surface area contributed by atoms with Crippen LogP contribution >= 0.6 is 0 Å². The number of alkyl halides is 3. The first-order valence-electron chi connectivity index (χ1n) is 6.22. The molecule has 0 aliphatic heterocycles. The summed E-state index contributed by atoms with van der Waals surface area (Å²) in [5.41, 5.74) is 5.78. The molecule has 3 N–H and O–H groups in total. The summed E-state index contributed by atoms with van der Waals surface area (Å²) in [4.78, 5) is 11.9. The fraction of sp³-hybridized carbons (Fsp3) is 0.462. The van der Waals surface area contributed by atoms with Gasteiger partial charge in [0.05, 0.1) is 0 Å². The van der Waals surface area contributed by atoms with E-state index in [9.17, 15) is 18.0 Å². The lowest BCUT2D eigenvalue weighted by molar-refractivity contribution is -0.274. The third-order valence-corrected chi connectivity index (χ3v) is 2.61. The van der Waals surface area contributed by atoms with E-state index in [4.69, 9.17) is 5.73 Å². The fourth-order valence-electron chi connectivity index (χ4n) is 1.67. The van der Waals surface area contributed by atoms with Crippen molar-refractivity contribution in [1.82, 2.24) is 5.32 Å². The number of benzene rings is 1. The van der Waals surface area contributed by atoms with Crippen molar-refractivity contribution in [3.8, 4) is 5.75 Å². The van der Waals surface area contributed by atoms with Crippen molar-refractivity contribution in [1.29, 1.82) is 0 Å². The van der Waals surface area contributed by atoms with E-state index in [2.05, 4.69) is 10.1 Å². The van der Waals surface area contributed by atoms with Crippen LogP contribution in [0.2, 0.25) is 0 Å². The Bertz CT molecular complexity index is 432. The van der Waals surface area contributed by atoms with Crippen LogP contribution in [0.1, 0.15) is 30.1 Å². The zero-order chi connectivity index (χ0) is 15.2. The van der Waals surface area contributed by atoms with E-state index in [1.54, 1.807) is 0 Å². The number of amides is 1. The number of halogens is 3.